The molecule has 4 rings (SSSR count). The molecule has 0 N–H and O–H groups in total. The van der Waals surface area contributed by atoms with Crippen molar-refractivity contribution >= 4 is 5.78 Å². The summed E-state index contributed by atoms with van der Waals surface area (Å²) < 4.78 is 0. The molecule has 30 heavy (non-hydrogen) atoms. The quantitative estimate of drug-likeness (QED) is 0.457. The zero-order valence-electron chi connectivity index (χ0n) is 17.8. The number of piperidine rings is 1. The lowest BCUT2D eigenvalue weighted by Crippen LogP contribution is -2.38. The van der Waals surface area contributed by atoms with Crippen LogP contribution in [0.3, 0.4) is 0 Å². The van der Waals surface area contributed by atoms with Crippen LogP contribution < -0.4 is 0 Å². The summed E-state index contributed by atoms with van der Waals surface area (Å²) in [6, 6.07) is 28.6. The van der Waals surface area contributed by atoms with E-state index < -0.39 is 0 Å². The lowest BCUT2D eigenvalue weighted by atomic mass is 9.90. The van der Waals surface area contributed by atoms with Crippen LogP contribution in [0.4, 0.5) is 0 Å². The molecule has 0 bridgehead atoms. The van der Waals surface area contributed by atoms with Crippen molar-refractivity contribution in [3.05, 3.63) is 107 Å². The van der Waals surface area contributed by atoms with Gasteiger partial charge in [0.2, 0.25) is 0 Å². The van der Waals surface area contributed by atoms with Gasteiger partial charge in [-0.2, -0.15) is 0 Å². The van der Waals surface area contributed by atoms with Crippen molar-refractivity contribution in [2.24, 2.45) is 5.92 Å². The third kappa shape index (κ3) is 5.25. The molecule has 3 aromatic rings. The first-order valence-corrected chi connectivity index (χ1v) is 11.1. The van der Waals surface area contributed by atoms with Gasteiger partial charge in [0.25, 0.3) is 0 Å². The Morgan fingerprint density at radius 2 is 1.63 bits per heavy atom. The minimum Gasteiger partial charge on any atom is -0.302 e. The molecule has 3 aromatic carbocycles. The number of hydrogen-bond donors (Lipinski definition) is 0. The molecular weight excluding hydrogens is 366 g/mol. The monoisotopic (exact) mass is 397 g/mol. The molecule has 0 radical (unpaired) electrons. The maximum absolute atomic E-state index is 12.8. The van der Waals surface area contributed by atoms with E-state index in [9.17, 15) is 4.79 Å². The van der Waals surface area contributed by atoms with Gasteiger partial charge in [-0.05, 0) is 54.8 Å². The van der Waals surface area contributed by atoms with Crippen molar-refractivity contribution < 1.29 is 4.79 Å². The lowest BCUT2D eigenvalue weighted by Gasteiger charge is -2.34. The zero-order chi connectivity index (χ0) is 20.8. The Balaban J connectivity index is 1.39. The first kappa shape index (κ1) is 20.6. The molecule has 1 fully saturated rings. The number of hydrogen-bond acceptors (Lipinski definition) is 2. The fourth-order valence-electron chi connectivity index (χ4n) is 4.67. The van der Waals surface area contributed by atoms with Gasteiger partial charge in [0.15, 0.2) is 5.78 Å². The number of benzene rings is 3. The molecule has 1 heterocycles. The molecule has 2 nitrogen and oxygen atoms in total. The van der Waals surface area contributed by atoms with Crippen LogP contribution in [-0.2, 0) is 6.42 Å². The molecule has 2 atom stereocenters. The Hall–Kier alpha value is -2.71. The van der Waals surface area contributed by atoms with Crippen molar-refractivity contribution in [2.45, 2.75) is 32.1 Å². The van der Waals surface area contributed by atoms with Crippen LogP contribution in [0.15, 0.2) is 84.9 Å². The van der Waals surface area contributed by atoms with E-state index in [0.717, 1.165) is 23.6 Å². The van der Waals surface area contributed by atoms with Crippen LogP contribution in [0.2, 0.25) is 0 Å². The number of carbonyl (C=O) groups excluding carboxylic acids is 1. The van der Waals surface area contributed by atoms with Gasteiger partial charge >= 0.3 is 0 Å². The first-order chi connectivity index (χ1) is 14.7. The Bertz CT molecular complexity index is 951. The highest BCUT2D eigenvalue weighted by Crippen LogP contribution is 2.25. The van der Waals surface area contributed by atoms with Crippen molar-refractivity contribution in [2.75, 3.05) is 19.6 Å². The van der Waals surface area contributed by atoms with Crippen LogP contribution in [0.25, 0.3) is 0 Å². The molecule has 0 aromatic heterocycles. The molecule has 2 unspecified atom stereocenters. The zero-order valence-corrected chi connectivity index (χ0v) is 17.8. The summed E-state index contributed by atoms with van der Waals surface area (Å²) >= 11 is 0. The standard InChI is InChI=1S/C28H31NO/c1-22(20-29-17-9-12-24(21-29)18-23-10-4-2-5-11-23)26-15-8-16-27(19-26)28(30)25-13-6-3-7-14-25/h2-8,10-11,13-16,19,22,24H,9,12,17-18,20-21H2,1H3. The van der Waals surface area contributed by atoms with Crippen molar-refractivity contribution in [1.82, 2.24) is 4.90 Å². The molecule has 0 saturated carbocycles. The van der Waals surface area contributed by atoms with Gasteiger partial charge < -0.3 is 4.90 Å². The predicted molar refractivity (Wildman–Crippen MR) is 124 cm³/mol. The van der Waals surface area contributed by atoms with Crippen molar-refractivity contribution in [1.29, 1.82) is 0 Å². The van der Waals surface area contributed by atoms with Crippen LogP contribution in [0.1, 0.15) is 52.7 Å². The second-order valence-electron chi connectivity index (χ2n) is 8.68. The van der Waals surface area contributed by atoms with Crippen LogP contribution in [0, 0.1) is 5.92 Å². The summed E-state index contributed by atoms with van der Waals surface area (Å²) in [5.74, 6) is 1.24. The highest BCUT2D eigenvalue weighted by Gasteiger charge is 2.22. The van der Waals surface area contributed by atoms with Gasteiger partial charge in [-0.25, -0.2) is 0 Å². The number of rotatable bonds is 7. The molecule has 0 aliphatic carbocycles. The summed E-state index contributed by atoms with van der Waals surface area (Å²) in [5.41, 5.74) is 4.24. The maximum atomic E-state index is 12.8. The van der Waals surface area contributed by atoms with E-state index in [2.05, 4.69) is 54.3 Å². The summed E-state index contributed by atoms with van der Waals surface area (Å²) in [6.45, 7) is 5.68. The molecule has 2 heteroatoms. The number of nitrogens with zero attached hydrogens (tertiary/aromatic N) is 1. The summed E-state index contributed by atoms with van der Waals surface area (Å²) in [5, 5.41) is 0. The minimum atomic E-state index is 0.102. The Labute approximate surface area is 180 Å². The summed E-state index contributed by atoms with van der Waals surface area (Å²) in [6.07, 6.45) is 3.77. The number of carbonyl (C=O) groups is 1. The van der Waals surface area contributed by atoms with E-state index in [1.807, 2.05) is 42.5 Å². The second-order valence-corrected chi connectivity index (χ2v) is 8.68. The Morgan fingerprint density at radius 3 is 2.40 bits per heavy atom. The highest BCUT2D eigenvalue weighted by atomic mass is 16.1. The fraction of sp³-hybridized carbons (Fsp3) is 0.321. The first-order valence-electron chi connectivity index (χ1n) is 11.1. The molecule has 1 aliphatic heterocycles. The van der Waals surface area contributed by atoms with E-state index in [0.29, 0.717) is 5.92 Å². The van der Waals surface area contributed by atoms with E-state index in [1.54, 1.807) is 0 Å². The van der Waals surface area contributed by atoms with Gasteiger partial charge in [0.1, 0.15) is 0 Å². The average Bonchev–Trinajstić information content (AvgIpc) is 2.80. The van der Waals surface area contributed by atoms with E-state index in [1.165, 1.54) is 43.5 Å². The van der Waals surface area contributed by atoms with Crippen LogP contribution in [-0.4, -0.2) is 30.3 Å². The van der Waals surface area contributed by atoms with Crippen LogP contribution >= 0.6 is 0 Å². The van der Waals surface area contributed by atoms with Crippen molar-refractivity contribution in [3.63, 3.8) is 0 Å². The Morgan fingerprint density at radius 1 is 0.933 bits per heavy atom. The molecule has 1 saturated heterocycles. The topological polar surface area (TPSA) is 20.3 Å². The molecular formula is C28H31NO. The van der Waals surface area contributed by atoms with Gasteiger partial charge in [0, 0.05) is 24.2 Å². The van der Waals surface area contributed by atoms with Crippen LogP contribution in [0.5, 0.6) is 0 Å². The maximum Gasteiger partial charge on any atom is 0.193 e. The van der Waals surface area contributed by atoms with E-state index in [-0.39, 0.29) is 5.78 Å². The summed E-state index contributed by atoms with van der Waals surface area (Å²) in [7, 11) is 0. The second kappa shape index (κ2) is 9.86. The predicted octanol–water partition coefficient (Wildman–Crippen LogP) is 5.98. The fourth-order valence-corrected chi connectivity index (χ4v) is 4.67. The third-order valence-electron chi connectivity index (χ3n) is 6.26. The molecule has 0 spiro atoms. The number of ketones is 1. The van der Waals surface area contributed by atoms with Gasteiger partial charge in [0.05, 0.1) is 0 Å². The SMILES string of the molecule is CC(CN1CCCC(Cc2ccccc2)C1)c1cccc(C(=O)c2ccccc2)c1. The largest absolute Gasteiger partial charge is 0.302 e. The van der Waals surface area contributed by atoms with Crippen molar-refractivity contribution in [3.8, 4) is 0 Å². The smallest absolute Gasteiger partial charge is 0.193 e. The average molecular weight is 398 g/mol. The van der Waals surface area contributed by atoms with Gasteiger partial charge in [-0.15, -0.1) is 0 Å². The molecule has 154 valence electrons. The molecule has 1 aliphatic rings. The minimum absolute atomic E-state index is 0.102. The van der Waals surface area contributed by atoms with Gasteiger partial charge in [-0.1, -0.05) is 85.8 Å². The molecule has 0 amide bonds. The highest BCUT2D eigenvalue weighted by molar-refractivity contribution is 6.09. The summed E-state index contributed by atoms with van der Waals surface area (Å²) in [4.78, 5) is 15.4. The van der Waals surface area contributed by atoms with E-state index in [4.69, 9.17) is 0 Å². The number of likely N-dealkylation sites (tertiary alicyclic amines) is 1. The third-order valence-corrected chi connectivity index (χ3v) is 6.26. The van der Waals surface area contributed by atoms with E-state index >= 15 is 0 Å². The lowest BCUT2D eigenvalue weighted by molar-refractivity contribution is 0.103. The van der Waals surface area contributed by atoms with Gasteiger partial charge in [-0.3, -0.25) is 4.79 Å². The normalized spacial score (nSPS) is 18.1. The Kier molecular flexibility index (Phi) is 6.76.